The molecule has 0 aliphatic heterocycles. The largest absolute Gasteiger partial charge is 0.481 e. The Kier molecular flexibility index (Phi) is 3.57. The van der Waals surface area contributed by atoms with Gasteiger partial charge in [0, 0.05) is 6.54 Å². The first-order chi connectivity index (χ1) is 7.74. The van der Waals surface area contributed by atoms with Crippen LogP contribution in [-0.2, 0) is 17.8 Å². The van der Waals surface area contributed by atoms with Crippen LogP contribution in [0, 0.1) is 5.92 Å². The maximum atomic E-state index is 10.5. The van der Waals surface area contributed by atoms with Crippen LogP contribution in [0.2, 0.25) is 0 Å². The van der Waals surface area contributed by atoms with E-state index < -0.39 is 5.97 Å². The summed E-state index contributed by atoms with van der Waals surface area (Å²) < 4.78 is 0. The first kappa shape index (κ1) is 11.1. The van der Waals surface area contributed by atoms with Gasteiger partial charge >= 0.3 is 5.97 Å². The van der Waals surface area contributed by atoms with E-state index in [1.807, 2.05) is 24.3 Å². The zero-order valence-corrected chi connectivity index (χ0v) is 9.28. The van der Waals surface area contributed by atoms with E-state index in [1.54, 1.807) is 0 Å². The van der Waals surface area contributed by atoms with Crippen LogP contribution < -0.4 is 5.32 Å². The van der Waals surface area contributed by atoms with Crippen molar-refractivity contribution >= 4 is 5.97 Å². The van der Waals surface area contributed by atoms with Gasteiger partial charge in [-0.05, 0) is 36.4 Å². The summed E-state index contributed by atoms with van der Waals surface area (Å²) in [6.45, 7) is 1.99. The quantitative estimate of drug-likeness (QED) is 0.767. The minimum Gasteiger partial charge on any atom is -0.481 e. The number of carboxylic acid groups (broad SMARTS) is 1. The summed E-state index contributed by atoms with van der Waals surface area (Å²) in [5.41, 5.74) is 2.08. The third-order valence-electron chi connectivity index (χ3n) is 2.84. The van der Waals surface area contributed by atoms with E-state index in [2.05, 4.69) is 5.32 Å². The van der Waals surface area contributed by atoms with Gasteiger partial charge in [0.05, 0.1) is 6.42 Å². The molecule has 1 aromatic carbocycles. The number of benzene rings is 1. The lowest BCUT2D eigenvalue weighted by atomic mass is 10.1. The van der Waals surface area contributed by atoms with Gasteiger partial charge in [0.25, 0.3) is 0 Å². The SMILES string of the molecule is O=C(O)Cc1ccc(CNCC2CC2)cc1. The normalized spacial score (nSPS) is 15.0. The zero-order chi connectivity index (χ0) is 11.4. The van der Waals surface area contributed by atoms with Gasteiger partial charge in [0.1, 0.15) is 0 Å². The van der Waals surface area contributed by atoms with Gasteiger partial charge in [-0.1, -0.05) is 24.3 Å². The van der Waals surface area contributed by atoms with Crippen molar-refractivity contribution in [3.63, 3.8) is 0 Å². The fourth-order valence-electron chi connectivity index (χ4n) is 1.69. The fraction of sp³-hybridized carbons (Fsp3) is 0.462. The Morgan fingerprint density at radius 3 is 2.44 bits per heavy atom. The smallest absolute Gasteiger partial charge is 0.307 e. The molecular formula is C13H17NO2. The molecule has 0 radical (unpaired) electrons. The molecule has 3 heteroatoms. The van der Waals surface area contributed by atoms with Crippen LogP contribution in [0.4, 0.5) is 0 Å². The molecule has 0 atom stereocenters. The van der Waals surface area contributed by atoms with Gasteiger partial charge in [0.2, 0.25) is 0 Å². The molecule has 0 bridgehead atoms. The van der Waals surface area contributed by atoms with Crippen molar-refractivity contribution in [2.45, 2.75) is 25.8 Å². The molecule has 0 unspecified atom stereocenters. The maximum Gasteiger partial charge on any atom is 0.307 e. The van der Waals surface area contributed by atoms with E-state index in [4.69, 9.17) is 5.11 Å². The second-order valence-corrected chi connectivity index (χ2v) is 4.46. The fourth-order valence-corrected chi connectivity index (χ4v) is 1.69. The van der Waals surface area contributed by atoms with Crippen LogP contribution in [0.15, 0.2) is 24.3 Å². The maximum absolute atomic E-state index is 10.5. The van der Waals surface area contributed by atoms with Gasteiger partial charge in [-0.25, -0.2) is 0 Å². The lowest BCUT2D eigenvalue weighted by Gasteiger charge is -2.04. The van der Waals surface area contributed by atoms with Crippen molar-refractivity contribution < 1.29 is 9.90 Å². The Bertz CT molecular complexity index is 355. The van der Waals surface area contributed by atoms with Crippen molar-refractivity contribution in [1.82, 2.24) is 5.32 Å². The van der Waals surface area contributed by atoms with Gasteiger partial charge in [-0.3, -0.25) is 4.79 Å². The Morgan fingerprint density at radius 2 is 1.88 bits per heavy atom. The summed E-state index contributed by atoms with van der Waals surface area (Å²) in [6.07, 6.45) is 2.84. The molecule has 86 valence electrons. The minimum atomic E-state index is -0.778. The van der Waals surface area contributed by atoms with E-state index in [1.165, 1.54) is 18.4 Å². The number of rotatable bonds is 6. The number of carboxylic acids is 1. The third-order valence-corrected chi connectivity index (χ3v) is 2.84. The van der Waals surface area contributed by atoms with Crippen LogP contribution in [0.3, 0.4) is 0 Å². The number of aliphatic carboxylic acids is 1. The van der Waals surface area contributed by atoms with Gasteiger partial charge in [-0.15, -0.1) is 0 Å². The summed E-state index contributed by atoms with van der Waals surface area (Å²) in [4.78, 5) is 10.5. The highest BCUT2D eigenvalue weighted by atomic mass is 16.4. The van der Waals surface area contributed by atoms with Crippen molar-refractivity contribution in [3.8, 4) is 0 Å². The van der Waals surface area contributed by atoms with E-state index in [0.717, 1.165) is 24.6 Å². The summed E-state index contributed by atoms with van der Waals surface area (Å²) in [7, 11) is 0. The molecule has 3 nitrogen and oxygen atoms in total. The second-order valence-electron chi connectivity index (χ2n) is 4.46. The first-order valence-corrected chi connectivity index (χ1v) is 5.74. The Balaban J connectivity index is 1.78. The molecular weight excluding hydrogens is 202 g/mol. The van der Waals surface area contributed by atoms with E-state index in [-0.39, 0.29) is 6.42 Å². The molecule has 1 saturated carbocycles. The third kappa shape index (κ3) is 3.66. The number of nitrogens with one attached hydrogen (secondary N) is 1. The predicted molar refractivity (Wildman–Crippen MR) is 62.2 cm³/mol. The lowest BCUT2D eigenvalue weighted by Crippen LogP contribution is -2.16. The molecule has 1 aliphatic rings. The molecule has 2 N–H and O–H groups in total. The highest BCUT2D eigenvalue weighted by molar-refractivity contribution is 5.70. The standard InChI is InChI=1S/C13H17NO2/c15-13(16)7-10-1-3-11(4-2-10)8-14-9-12-5-6-12/h1-4,12,14H,5-9H2,(H,15,16). The van der Waals surface area contributed by atoms with Crippen LogP contribution in [0.25, 0.3) is 0 Å². The van der Waals surface area contributed by atoms with Crippen molar-refractivity contribution in [2.24, 2.45) is 5.92 Å². The van der Waals surface area contributed by atoms with Crippen LogP contribution in [0.1, 0.15) is 24.0 Å². The van der Waals surface area contributed by atoms with Gasteiger partial charge in [-0.2, -0.15) is 0 Å². The molecule has 1 aromatic rings. The molecule has 0 amide bonds. The summed E-state index contributed by atoms with van der Waals surface area (Å²) in [5.74, 6) is 0.117. The Morgan fingerprint density at radius 1 is 1.25 bits per heavy atom. The molecule has 2 rings (SSSR count). The van der Waals surface area contributed by atoms with Crippen molar-refractivity contribution in [2.75, 3.05) is 6.54 Å². The Labute approximate surface area is 95.5 Å². The van der Waals surface area contributed by atoms with E-state index in [9.17, 15) is 4.79 Å². The number of hydrogen-bond acceptors (Lipinski definition) is 2. The number of hydrogen-bond donors (Lipinski definition) is 2. The minimum absolute atomic E-state index is 0.107. The molecule has 0 saturated heterocycles. The van der Waals surface area contributed by atoms with E-state index >= 15 is 0 Å². The summed E-state index contributed by atoms with van der Waals surface area (Å²) >= 11 is 0. The van der Waals surface area contributed by atoms with Crippen LogP contribution in [0.5, 0.6) is 0 Å². The average Bonchev–Trinajstić information content (AvgIpc) is 3.04. The van der Waals surface area contributed by atoms with Crippen LogP contribution >= 0.6 is 0 Å². The molecule has 0 aromatic heterocycles. The summed E-state index contributed by atoms with van der Waals surface area (Å²) in [6, 6.07) is 7.78. The van der Waals surface area contributed by atoms with Crippen molar-refractivity contribution in [1.29, 1.82) is 0 Å². The molecule has 0 heterocycles. The molecule has 1 fully saturated rings. The lowest BCUT2D eigenvalue weighted by molar-refractivity contribution is -0.136. The van der Waals surface area contributed by atoms with Gasteiger partial charge in [0.15, 0.2) is 0 Å². The van der Waals surface area contributed by atoms with Gasteiger partial charge < -0.3 is 10.4 Å². The topological polar surface area (TPSA) is 49.3 Å². The molecule has 16 heavy (non-hydrogen) atoms. The Hall–Kier alpha value is -1.35. The highest BCUT2D eigenvalue weighted by Gasteiger charge is 2.19. The molecule has 0 spiro atoms. The van der Waals surface area contributed by atoms with E-state index in [0.29, 0.717) is 0 Å². The predicted octanol–water partition coefficient (Wildman–Crippen LogP) is 1.81. The monoisotopic (exact) mass is 219 g/mol. The first-order valence-electron chi connectivity index (χ1n) is 5.74. The van der Waals surface area contributed by atoms with Crippen LogP contribution in [-0.4, -0.2) is 17.6 Å². The highest BCUT2D eigenvalue weighted by Crippen LogP contribution is 2.27. The zero-order valence-electron chi connectivity index (χ0n) is 9.28. The second kappa shape index (κ2) is 5.12. The average molecular weight is 219 g/mol. The van der Waals surface area contributed by atoms with Crippen molar-refractivity contribution in [3.05, 3.63) is 35.4 Å². The molecule has 1 aliphatic carbocycles. The number of carbonyl (C=O) groups is 1. The summed E-state index contributed by atoms with van der Waals surface area (Å²) in [5, 5.41) is 12.0.